The Hall–Kier alpha value is -1.61. The number of Topliss-reactive ketones (excluding diaryl/α,β-unsaturated/α-hetero) is 1. The van der Waals surface area contributed by atoms with Crippen LogP contribution in [-0.2, 0) is 0 Å². The molecule has 0 saturated heterocycles. The van der Waals surface area contributed by atoms with Crippen molar-refractivity contribution in [1.82, 2.24) is 10.3 Å². The number of aromatic amines is 1. The van der Waals surface area contributed by atoms with Crippen LogP contribution in [0.4, 0.5) is 0 Å². The van der Waals surface area contributed by atoms with Crippen LogP contribution in [0.15, 0.2) is 24.3 Å². The van der Waals surface area contributed by atoms with Gasteiger partial charge in [0.15, 0.2) is 5.78 Å². The molecule has 0 fully saturated rings. The molecule has 2 aromatic rings. The van der Waals surface area contributed by atoms with Crippen molar-refractivity contribution in [2.24, 2.45) is 0 Å². The predicted molar refractivity (Wildman–Crippen MR) is 63.7 cm³/mol. The summed E-state index contributed by atoms with van der Waals surface area (Å²) < 4.78 is 0. The minimum atomic E-state index is 0.192. The first kappa shape index (κ1) is 9.60. The number of para-hydroxylation sites is 1. The number of nitrogens with one attached hydrogen (secondary N) is 2. The van der Waals surface area contributed by atoms with Crippen LogP contribution < -0.4 is 5.32 Å². The lowest BCUT2D eigenvalue weighted by Gasteiger charge is -2.21. The fraction of sp³-hybridized carbons (Fsp3) is 0.308. The minimum Gasteiger partial charge on any atom is -0.356 e. The zero-order chi connectivity index (χ0) is 11.1. The molecule has 3 heteroatoms. The summed E-state index contributed by atoms with van der Waals surface area (Å²) in [6, 6.07) is 8.28. The number of carbonyl (C=O) groups is 1. The Labute approximate surface area is 93.9 Å². The lowest BCUT2D eigenvalue weighted by atomic mass is 9.97. The van der Waals surface area contributed by atoms with Gasteiger partial charge in [-0.05, 0) is 12.5 Å². The van der Waals surface area contributed by atoms with E-state index in [2.05, 4.69) is 17.2 Å². The highest BCUT2D eigenvalue weighted by molar-refractivity contribution is 6.11. The summed E-state index contributed by atoms with van der Waals surface area (Å²) in [6.45, 7) is 2.58. The SMILES string of the molecule is CCC1NCC(=O)c2c1[nH]c1ccccc21. The Morgan fingerprint density at radius 3 is 3.00 bits per heavy atom. The average molecular weight is 214 g/mol. The van der Waals surface area contributed by atoms with Crippen LogP contribution in [-0.4, -0.2) is 17.3 Å². The molecule has 2 N–H and O–H groups in total. The van der Waals surface area contributed by atoms with E-state index in [0.29, 0.717) is 6.54 Å². The summed E-state index contributed by atoms with van der Waals surface area (Å²) in [5.41, 5.74) is 3.00. The van der Waals surface area contributed by atoms with Gasteiger partial charge in [0.05, 0.1) is 6.54 Å². The molecule has 1 aromatic carbocycles. The molecule has 1 aliphatic rings. The summed E-state index contributed by atoms with van der Waals surface area (Å²) in [7, 11) is 0. The smallest absolute Gasteiger partial charge is 0.179 e. The van der Waals surface area contributed by atoms with Gasteiger partial charge in [-0.25, -0.2) is 0 Å². The highest BCUT2D eigenvalue weighted by Crippen LogP contribution is 2.30. The standard InChI is InChI=1S/C13H14N2O/c1-2-9-13-12(11(16)7-14-9)8-5-3-4-6-10(8)15-13/h3-6,9,14-15H,2,7H2,1H3. The van der Waals surface area contributed by atoms with Crippen molar-refractivity contribution in [2.45, 2.75) is 19.4 Å². The second-order valence-corrected chi connectivity index (χ2v) is 4.22. The van der Waals surface area contributed by atoms with E-state index in [-0.39, 0.29) is 11.8 Å². The third-order valence-electron chi connectivity index (χ3n) is 3.28. The Balaban J connectivity index is 2.31. The van der Waals surface area contributed by atoms with Crippen molar-refractivity contribution in [2.75, 3.05) is 6.54 Å². The van der Waals surface area contributed by atoms with E-state index in [1.165, 1.54) is 0 Å². The van der Waals surface area contributed by atoms with E-state index in [1.807, 2.05) is 24.3 Å². The van der Waals surface area contributed by atoms with E-state index in [9.17, 15) is 4.79 Å². The topological polar surface area (TPSA) is 44.9 Å². The molecule has 0 aliphatic carbocycles. The number of carbonyl (C=O) groups excluding carboxylic acids is 1. The zero-order valence-electron chi connectivity index (χ0n) is 9.21. The number of rotatable bonds is 1. The maximum atomic E-state index is 11.9. The number of H-pyrrole nitrogens is 1. The molecule has 1 atom stereocenters. The van der Waals surface area contributed by atoms with Crippen molar-refractivity contribution in [3.8, 4) is 0 Å². The van der Waals surface area contributed by atoms with Gasteiger partial charge in [-0.15, -0.1) is 0 Å². The predicted octanol–water partition coefficient (Wildman–Crippen LogP) is 2.40. The highest BCUT2D eigenvalue weighted by Gasteiger charge is 2.27. The first-order valence-electron chi connectivity index (χ1n) is 5.68. The summed E-state index contributed by atoms with van der Waals surface area (Å²) in [5.74, 6) is 0.192. The summed E-state index contributed by atoms with van der Waals surface area (Å²) in [6.07, 6.45) is 0.993. The van der Waals surface area contributed by atoms with Gasteiger partial charge < -0.3 is 10.3 Å². The van der Waals surface area contributed by atoms with Gasteiger partial charge in [-0.1, -0.05) is 25.1 Å². The van der Waals surface area contributed by atoms with Gasteiger partial charge in [0.1, 0.15) is 0 Å². The fourth-order valence-corrected chi connectivity index (χ4v) is 2.48. The molecule has 1 aliphatic heterocycles. The van der Waals surface area contributed by atoms with E-state index >= 15 is 0 Å². The molecule has 1 aromatic heterocycles. The highest BCUT2D eigenvalue weighted by atomic mass is 16.1. The van der Waals surface area contributed by atoms with E-state index in [4.69, 9.17) is 0 Å². The lowest BCUT2D eigenvalue weighted by Crippen LogP contribution is -2.33. The largest absolute Gasteiger partial charge is 0.356 e. The van der Waals surface area contributed by atoms with Crippen molar-refractivity contribution < 1.29 is 4.79 Å². The molecule has 3 nitrogen and oxygen atoms in total. The normalized spacial score (nSPS) is 20.1. The summed E-state index contributed by atoms with van der Waals surface area (Å²) in [4.78, 5) is 15.3. The monoisotopic (exact) mass is 214 g/mol. The number of hydrogen-bond acceptors (Lipinski definition) is 2. The lowest BCUT2D eigenvalue weighted by molar-refractivity contribution is 0.0976. The number of aromatic nitrogens is 1. The first-order valence-corrected chi connectivity index (χ1v) is 5.68. The molecular formula is C13H14N2O. The van der Waals surface area contributed by atoms with Gasteiger partial charge in [-0.2, -0.15) is 0 Å². The van der Waals surface area contributed by atoms with Crippen molar-refractivity contribution in [3.05, 3.63) is 35.5 Å². The van der Waals surface area contributed by atoms with Crippen LogP contribution in [0.5, 0.6) is 0 Å². The van der Waals surface area contributed by atoms with Crippen LogP contribution in [0.3, 0.4) is 0 Å². The molecule has 1 unspecified atom stereocenters. The molecular weight excluding hydrogens is 200 g/mol. The fourth-order valence-electron chi connectivity index (χ4n) is 2.48. The Kier molecular flexibility index (Phi) is 2.07. The first-order chi connectivity index (χ1) is 7.81. The molecule has 3 rings (SSSR count). The van der Waals surface area contributed by atoms with Gasteiger partial charge in [-0.3, -0.25) is 4.79 Å². The van der Waals surface area contributed by atoms with Gasteiger partial charge >= 0.3 is 0 Å². The molecule has 82 valence electrons. The second-order valence-electron chi connectivity index (χ2n) is 4.22. The van der Waals surface area contributed by atoms with Crippen LogP contribution in [0.2, 0.25) is 0 Å². The molecule has 0 amide bonds. The zero-order valence-corrected chi connectivity index (χ0v) is 9.21. The number of benzene rings is 1. The van der Waals surface area contributed by atoms with Crippen molar-refractivity contribution in [1.29, 1.82) is 0 Å². The van der Waals surface area contributed by atoms with Crippen molar-refractivity contribution in [3.63, 3.8) is 0 Å². The Morgan fingerprint density at radius 2 is 2.19 bits per heavy atom. The summed E-state index contributed by atoms with van der Waals surface area (Å²) >= 11 is 0. The molecule has 0 spiro atoms. The van der Waals surface area contributed by atoms with Gasteiger partial charge in [0.25, 0.3) is 0 Å². The average Bonchev–Trinajstić information content (AvgIpc) is 2.69. The maximum absolute atomic E-state index is 11.9. The van der Waals surface area contributed by atoms with E-state index in [1.54, 1.807) is 0 Å². The molecule has 0 bridgehead atoms. The molecule has 0 saturated carbocycles. The van der Waals surface area contributed by atoms with Crippen LogP contribution in [0.1, 0.15) is 35.4 Å². The number of fused-ring (bicyclic) bond motifs is 3. The number of ketones is 1. The molecule has 2 heterocycles. The quantitative estimate of drug-likeness (QED) is 0.765. The number of hydrogen-bond donors (Lipinski definition) is 2. The summed E-state index contributed by atoms with van der Waals surface area (Å²) in [5, 5.41) is 4.31. The van der Waals surface area contributed by atoms with E-state index < -0.39 is 0 Å². The van der Waals surface area contributed by atoms with Gasteiger partial charge in [0.2, 0.25) is 0 Å². The second kappa shape index (κ2) is 3.46. The van der Waals surface area contributed by atoms with Crippen LogP contribution in [0, 0.1) is 0 Å². The maximum Gasteiger partial charge on any atom is 0.179 e. The van der Waals surface area contributed by atoms with Crippen molar-refractivity contribution >= 4 is 16.7 Å². The Bertz CT molecular complexity index is 556. The van der Waals surface area contributed by atoms with Gasteiger partial charge in [0, 0.05) is 28.2 Å². The van der Waals surface area contributed by atoms with E-state index in [0.717, 1.165) is 28.6 Å². The minimum absolute atomic E-state index is 0.192. The van der Waals surface area contributed by atoms with Crippen LogP contribution in [0.25, 0.3) is 10.9 Å². The molecule has 16 heavy (non-hydrogen) atoms. The molecule has 0 radical (unpaired) electrons. The third-order valence-corrected chi connectivity index (χ3v) is 3.28. The van der Waals surface area contributed by atoms with Crippen LogP contribution >= 0.6 is 0 Å². The third kappa shape index (κ3) is 1.21. The Morgan fingerprint density at radius 1 is 1.38 bits per heavy atom.